The van der Waals surface area contributed by atoms with Crippen LogP contribution in [-0.4, -0.2) is 15.0 Å². The molecule has 1 aromatic heterocycles. The van der Waals surface area contributed by atoms with Gasteiger partial charge in [0, 0.05) is 22.8 Å². The van der Waals surface area contributed by atoms with E-state index in [9.17, 15) is 8.42 Å². The minimum Gasteiger partial charge on any atom is -0.385 e. The summed E-state index contributed by atoms with van der Waals surface area (Å²) < 4.78 is 27.2. The van der Waals surface area contributed by atoms with E-state index in [0.29, 0.717) is 9.90 Å². The van der Waals surface area contributed by atoms with Crippen molar-refractivity contribution in [3.63, 3.8) is 0 Å². The highest BCUT2D eigenvalue weighted by molar-refractivity contribution is 7.94. The largest absolute Gasteiger partial charge is 0.385 e. The van der Waals surface area contributed by atoms with E-state index >= 15 is 0 Å². The minimum absolute atomic E-state index is 0.336. The van der Waals surface area contributed by atoms with Gasteiger partial charge in [0.15, 0.2) is 0 Å². The number of thiophene rings is 1. The first-order chi connectivity index (χ1) is 9.51. The highest BCUT2D eigenvalue weighted by atomic mass is 32.2. The first-order valence-corrected chi connectivity index (χ1v) is 8.74. The predicted molar refractivity (Wildman–Crippen MR) is 85.1 cm³/mol. The second-order valence-electron chi connectivity index (χ2n) is 4.47. The van der Waals surface area contributed by atoms with Gasteiger partial charge in [0.25, 0.3) is 10.0 Å². The maximum Gasteiger partial charge on any atom is 0.271 e. The topological polar surface area (TPSA) is 58.2 Å². The summed E-state index contributed by atoms with van der Waals surface area (Å²) in [5.41, 5.74) is 1.56. The molecule has 0 saturated heterocycles. The van der Waals surface area contributed by atoms with E-state index in [4.69, 9.17) is 0 Å². The second kappa shape index (κ2) is 6.28. The van der Waals surface area contributed by atoms with Crippen molar-refractivity contribution in [1.82, 2.24) is 0 Å². The van der Waals surface area contributed by atoms with Gasteiger partial charge in [0.2, 0.25) is 0 Å². The van der Waals surface area contributed by atoms with Gasteiger partial charge in [-0.2, -0.15) is 0 Å². The van der Waals surface area contributed by atoms with Crippen molar-refractivity contribution in [2.24, 2.45) is 0 Å². The van der Waals surface area contributed by atoms with Gasteiger partial charge in [-0.15, -0.1) is 11.3 Å². The highest BCUT2D eigenvalue weighted by Crippen LogP contribution is 2.24. The van der Waals surface area contributed by atoms with Gasteiger partial charge in [-0.25, -0.2) is 8.42 Å². The fraction of sp³-hybridized carbons (Fsp3) is 0.286. The summed E-state index contributed by atoms with van der Waals surface area (Å²) in [5, 5.41) is 3.24. The van der Waals surface area contributed by atoms with Gasteiger partial charge in [-0.05, 0) is 49.7 Å². The molecule has 0 radical (unpaired) electrons. The van der Waals surface area contributed by atoms with Crippen LogP contribution in [0.3, 0.4) is 0 Å². The number of benzene rings is 1. The van der Waals surface area contributed by atoms with E-state index in [2.05, 4.69) is 17.0 Å². The van der Waals surface area contributed by atoms with Gasteiger partial charge >= 0.3 is 0 Å². The smallest absolute Gasteiger partial charge is 0.271 e. The van der Waals surface area contributed by atoms with Crippen molar-refractivity contribution >= 4 is 32.7 Å². The lowest BCUT2D eigenvalue weighted by atomic mass is 10.3. The number of aryl methyl sites for hydroxylation is 1. The Hall–Kier alpha value is -1.53. The maximum absolute atomic E-state index is 12.2. The third-order valence-corrected chi connectivity index (χ3v) is 5.57. The summed E-state index contributed by atoms with van der Waals surface area (Å²) >= 11 is 1.27. The second-order valence-corrected chi connectivity index (χ2v) is 7.67. The summed E-state index contributed by atoms with van der Waals surface area (Å²) in [6.07, 6.45) is 1.05. The maximum atomic E-state index is 12.2. The molecule has 0 aliphatic carbocycles. The molecule has 0 saturated carbocycles. The van der Waals surface area contributed by atoms with Crippen molar-refractivity contribution in [3.8, 4) is 0 Å². The van der Waals surface area contributed by atoms with Crippen molar-refractivity contribution < 1.29 is 8.42 Å². The van der Waals surface area contributed by atoms with Crippen LogP contribution in [0.1, 0.15) is 18.2 Å². The summed E-state index contributed by atoms with van der Waals surface area (Å²) in [7, 11) is -3.47. The standard InChI is InChI=1S/C14H18N2O2S2/c1-3-10-15-12-5-7-13(8-6-12)16-20(17,18)14-9-4-11(2)19-14/h4-9,15-16H,3,10H2,1-2H3. The molecular formula is C14H18N2O2S2. The quantitative estimate of drug-likeness (QED) is 0.855. The third kappa shape index (κ3) is 3.74. The predicted octanol–water partition coefficient (Wildman–Crippen LogP) is 3.68. The SMILES string of the molecule is CCCNc1ccc(NS(=O)(=O)c2ccc(C)s2)cc1. The average Bonchev–Trinajstić information content (AvgIpc) is 2.85. The highest BCUT2D eigenvalue weighted by Gasteiger charge is 2.15. The zero-order valence-electron chi connectivity index (χ0n) is 11.5. The lowest BCUT2D eigenvalue weighted by Crippen LogP contribution is -2.11. The number of rotatable bonds is 6. The van der Waals surface area contributed by atoms with Gasteiger partial charge in [0.05, 0.1) is 0 Å². The van der Waals surface area contributed by atoms with E-state index < -0.39 is 10.0 Å². The van der Waals surface area contributed by atoms with E-state index in [1.54, 1.807) is 24.3 Å². The third-order valence-electron chi connectivity index (χ3n) is 2.70. The van der Waals surface area contributed by atoms with Crippen LogP contribution in [0.5, 0.6) is 0 Å². The number of nitrogens with one attached hydrogen (secondary N) is 2. The zero-order chi connectivity index (χ0) is 14.6. The van der Waals surface area contributed by atoms with E-state index in [0.717, 1.165) is 23.5 Å². The molecule has 1 aromatic carbocycles. The Balaban J connectivity index is 2.09. The van der Waals surface area contributed by atoms with Crippen LogP contribution in [-0.2, 0) is 10.0 Å². The molecule has 20 heavy (non-hydrogen) atoms. The molecule has 0 fully saturated rings. The molecule has 0 aliphatic rings. The fourth-order valence-corrected chi connectivity index (χ4v) is 4.03. The molecule has 0 amide bonds. The van der Waals surface area contributed by atoms with E-state index in [1.165, 1.54) is 11.3 Å². The van der Waals surface area contributed by atoms with Crippen LogP contribution in [0.4, 0.5) is 11.4 Å². The molecule has 0 unspecified atom stereocenters. The van der Waals surface area contributed by atoms with Crippen LogP contribution in [0.2, 0.25) is 0 Å². The number of anilines is 2. The van der Waals surface area contributed by atoms with Gasteiger partial charge < -0.3 is 5.32 Å². The molecule has 4 nitrogen and oxygen atoms in total. The first kappa shape index (κ1) is 14.9. The minimum atomic E-state index is -3.47. The van der Waals surface area contributed by atoms with Crippen LogP contribution < -0.4 is 10.0 Å². The number of hydrogen-bond donors (Lipinski definition) is 2. The Morgan fingerprint density at radius 2 is 1.70 bits per heavy atom. The first-order valence-electron chi connectivity index (χ1n) is 6.44. The van der Waals surface area contributed by atoms with E-state index in [-0.39, 0.29) is 0 Å². The summed E-state index contributed by atoms with van der Waals surface area (Å²) in [5.74, 6) is 0. The molecule has 6 heteroatoms. The lowest BCUT2D eigenvalue weighted by molar-refractivity contribution is 0.603. The molecule has 0 atom stereocenters. The van der Waals surface area contributed by atoms with Crippen molar-refractivity contribution in [2.45, 2.75) is 24.5 Å². The average molecular weight is 310 g/mol. The molecule has 0 aliphatic heterocycles. The van der Waals surface area contributed by atoms with Crippen molar-refractivity contribution in [1.29, 1.82) is 0 Å². The number of hydrogen-bond acceptors (Lipinski definition) is 4. The molecule has 108 valence electrons. The molecule has 0 spiro atoms. The van der Waals surface area contributed by atoms with Crippen LogP contribution in [0, 0.1) is 6.92 Å². The normalized spacial score (nSPS) is 11.3. The van der Waals surface area contributed by atoms with Crippen LogP contribution in [0.25, 0.3) is 0 Å². The zero-order valence-corrected chi connectivity index (χ0v) is 13.1. The summed E-state index contributed by atoms with van der Waals surface area (Å²) in [6, 6.07) is 10.7. The summed E-state index contributed by atoms with van der Waals surface area (Å²) in [4.78, 5) is 0.976. The molecule has 0 bridgehead atoms. The molecule has 2 rings (SSSR count). The van der Waals surface area contributed by atoms with Gasteiger partial charge in [-0.3, -0.25) is 4.72 Å². The molecular weight excluding hydrogens is 292 g/mol. The summed E-state index contributed by atoms with van der Waals surface area (Å²) in [6.45, 7) is 4.88. The lowest BCUT2D eigenvalue weighted by Gasteiger charge is -2.08. The Bertz CT molecular complexity index is 661. The van der Waals surface area contributed by atoms with Crippen molar-refractivity contribution in [2.75, 3.05) is 16.6 Å². The molecule has 1 heterocycles. The molecule has 2 N–H and O–H groups in total. The van der Waals surface area contributed by atoms with Crippen LogP contribution >= 0.6 is 11.3 Å². The Kier molecular flexibility index (Phi) is 4.67. The monoisotopic (exact) mass is 310 g/mol. The Morgan fingerprint density at radius 3 is 2.25 bits per heavy atom. The Labute approximate surface area is 123 Å². The number of sulfonamides is 1. The fourth-order valence-electron chi connectivity index (χ4n) is 1.69. The molecule has 2 aromatic rings. The Morgan fingerprint density at radius 1 is 1.05 bits per heavy atom. The van der Waals surface area contributed by atoms with Gasteiger partial charge in [-0.1, -0.05) is 6.92 Å². The van der Waals surface area contributed by atoms with E-state index in [1.807, 2.05) is 19.1 Å². The van der Waals surface area contributed by atoms with Crippen molar-refractivity contribution in [3.05, 3.63) is 41.3 Å². The van der Waals surface area contributed by atoms with Crippen LogP contribution in [0.15, 0.2) is 40.6 Å². The van der Waals surface area contributed by atoms with Gasteiger partial charge in [0.1, 0.15) is 4.21 Å².